The van der Waals surface area contributed by atoms with Gasteiger partial charge in [0.05, 0.1) is 26.2 Å². The maximum Gasteiger partial charge on any atom is 0.328 e. The molecular formula is C20H40NO4+. The van der Waals surface area contributed by atoms with Crippen LogP contribution in [-0.2, 0) is 9.59 Å². The standard InChI is InChI=1S/C16H36N.C4H4O4/c1-5-9-13-17(14-10-6-2,15-11-7-3)16-12-8-4;5-3(6)1-2-4(7)8/h5-16H2,1-4H3;1-2H,(H,5,6)(H,7,8)/q+1;/b;2-1-. The van der Waals surface area contributed by atoms with Crippen molar-refractivity contribution in [3.8, 4) is 0 Å². The predicted molar refractivity (Wildman–Crippen MR) is 104 cm³/mol. The summed E-state index contributed by atoms with van der Waals surface area (Å²) >= 11 is 0. The van der Waals surface area contributed by atoms with E-state index in [0.29, 0.717) is 12.2 Å². The summed E-state index contributed by atoms with van der Waals surface area (Å²) in [6, 6.07) is 0. The normalized spacial score (nSPS) is 11.2. The number of hydrogen-bond acceptors (Lipinski definition) is 2. The molecule has 0 aliphatic heterocycles. The highest BCUT2D eigenvalue weighted by atomic mass is 16.4. The maximum atomic E-state index is 9.55. The Morgan fingerprint density at radius 2 is 0.880 bits per heavy atom. The Hall–Kier alpha value is -1.36. The van der Waals surface area contributed by atoms with E-state index in [4.69, 9.17) is 10.2 Å². The molecule has 0 amide bonds. The molecule has 2 N–H and O–H groups in total. The Morgan fingerprint density at radius 3 is 1.04 bits per heavy atom. The van der Waals surface area contributed by atoms with E-state index in [-0.39, 0.29) is 0 Å². The number of carboxylic acids is 2. The van der Waals surface area contributed by atoms with E-state index in [2.05, 4.69) is 27.7 Å². The molecule has 0 radical (unpaired) electrons. The average Bonchev–Trinajstić information content (AvgIpc) is 2.59. The van der Waals surface area contributed by atoms with Gasteiger partial charge in [-0.15, -0.1) is 0 Å². The van der Waals surface area contributed by atoms with Crippen molar-refractivity contribution in [3.63, 3.8) is 0 Å². The lowest BCUT2D eigenvalue weighted by molar-refractivity contribution is -0.929. The van der Waals surface area contributed by atoms with E-state index in [9.17, 15) is 9.59 Å². The van der Waals surface area contributed by atoms with Crippen LogP contribution < -0.4 is 0 Å². The van der Waals surface area contributed by atoms with E-state index in [0.717, 1.165) is 0 Å². The van der Waals surface area contributed by atoms with Crippen molar-refractivity contribution in [2.45, 2.75) is 79.1 Å². The van der Waals surface area contributed by atoms with E-state index in [1.54, 1.807) is 0 Å². The number of nitrogens with zero attached hydrogens (tertiary/aromatic N) is 1. The van der Waals surface area contributed by atoms with Gasteiger partial charge < -0.3 is 14.7 Å². The molecule has 0 saturated heterocycles. The molecule has 0 saturated carbocycles. The Morgan fingerprint density at radius 1 is 0.640 bits per heavy atom. The number of carboxylic acid groups (broad SMARTS) is 2. The fourth-order valence-corrected chi connectivity index (χ4v) is 2.79. The second-order valence-corrected chi connectivity index (χ2v) is 6.66. The quantitative estimate of drug-likeness (QED) is 0.348. The van der Waals surface area contributed by atoms with Gasteiger partial charge in [-0.3, -0.25) is 0 Å². The third-order valence-electron chi connectivity index (χ3n) is 4.31. The summed E-state index contributed by atoms with van der Waals surface area (Å²) < 4.78 is 1.42. The summed E-state index contributed by atoms with van der Waals surface area (Å²) in [5, 5.41) is 15.6. The third kappa shape index (κ3) is 17.3. The molecule has 5 nitrogen and oxygen atoms in total. The van der Waals surface area contributed by atoms with Crippen LogP contribution >= 0.6 is 0 Å². The van der Waals surface area contributed by atoms with Gasteiger partial charge >= 0.3 is 11.9 Å². The molecule has 0 spiro atoms. The van der Waals surface area contributed by atoms with Crippen LogP contribution in [0.5, 0.6) is 0 Å². The van der Waals surface area contributed by atoms with Crippen molar-refractivity contribution in [1.29, 1.82) is 0 Å². The van der Waals surface area contributed by atoms with E-state index in [1.165, 1.54) is 82.0 Å². The predicted octanol–water partition coefficient (Wildman–Crippen LogP) is 4.72. The van der Waals surface area contributed by atoms with Crippen molar-refractivity contribution < 1.29 is 24.3 Å². The smallest absolute Gasteiger partial charge is 0.328 e. The average molecular weight is 359 g/mol. The molecule has 0 rings (SSSR count). The van der Waals surface area contributed by atoms with E-state index in [1.807, 2.05) is 0 Å². The summed E-state index contributed by atoms with van der Waals surface area (Å²) in [6.07, 6.45) is 12.2. The largest absolute Gasteiger partial charge is 0.478 e. The zero-order chi connectivity index (χ0) is 19.6. The number of hydrogen-bond donors (Lipinski definition) is 2. The molecule has 0 aliphatic rings. The summed E-state index contributed by atoms with van der Waals surface area (Å²) in [4.78, 5) is 19.1. The third-order valence-corrected chi connectivity index (χ3v) is 4.31. The molecule has 0 aromatic carbocycles. The first-order chi connectivity index (χ1) is 11.9. The van der Waals surface area contributed by atoms with Gasteiger partial charge in [0.15, 0.2) is 0 Å². The van der Waals surface area contributed by atoms with Crippen molar-refractivity contribution >= 4 is 11.9 Å². The molecular weight excluding hydrogens is 318 g/mol. The highest BCUT2D eigenvalue weighted by Gasteiger charge is 2.24. The molecule has 0 aromatic rings. The summed E-state index contributed by atoms with van der Waals surface area (Å²) in [6.45, 7) is 15.0. The molecule has 0 unspecified atom stereocenters. The molecule has 0 aromatic heterocycles. The first-order valence-electron chi connectivity index (χ1n) is 9.86. The molecule has 0 heterocycles. The Balaban J connectivity index is 0. The van der Waals surface area contributed by atoms with Crippen LogP contribution in [-0.4, -0.2) is 52.8 Å². The van der Waals surface area contributed by atoms with Gasteiger partial charge in [-0.25, -0.2) is 9.59 Å². The Kier molecular flexibility index (Phi) is 18.1. The number of unbranched alkanes of at least 4 members (excludes halogenated alkanes) is 4. The minimum Gasteiger partial charge on any atom is -0.478 e. The zero-order valence-corrected chi connectivity index (χ0v) is 16.8. The van der Waals surface area contributed by atoms with Crippen molar-refractivity contribution in [2.75, 3.05) is 26.2 Å². The lowest BCUT2D eigenvalue weighted by Crippen LogP contribution is -2.50. The van der Waals surface area contributed by atoms with E-state index < -0.39 is 11.9 Å². The number of aliphatic carboxylic acids is 2. The highest BCUT2D eigenvalue weighted by Crippen LogP contribution is 2.16. The van der Waals surface area contributed by atoms with Gasteiger partial charge in [0.25, 0.3) is 0 Å². The monoisotopic (exact) mass is 358 g/mol. The number of carbonyl (C=O) groups is 2. The van der Waals surface area contributed by atoms with Crippen LogP contribution in [0.2, 0.25) is 0 Å². The molecule has 0 aliphatic carbocycles. The first-order valence-corrected chi connectivity index (χ1v) is 9.86. The molecule has 0 bridgehead atoms. The minimum atomic E-state index is -1.26. The number of quaternary nitrogens is 1. The van der Waals surface area contributed by atoms with Crippen LogP contribution in [0.3, 0.4) is 0 Å². The molecule has 25 heavy (non-hydrogen) atoms. The second kappa shape index (κ2) is 17.5. The molecule has 5 heteroatoms. The minimum absolute atomic E-state index is 0.558. The van der Waals surface area contributed by atoms with Gasteiger partial charge in [-0.2, -0.15) is 0 Å². The van der Waals surface area contributed by atoms with Crippen LogP contribution in [0.25, 0.3) is 0 Å². The summed E-state index contributed by atoms with van der Waals surface area (Å²) in [5.41, 5.74) is 0. The van der Waals surface area contributed by atoms with Gasteiger partial charge in [0, 0.05) is 12.2 Å². The van der Waals surface area contributed by atoms with Crippen LogP contribution in [0.15, 0.2) is 12.2 Å². The highest BCUT2D eigenvalue weighted by molar-refractivity contribution is 5.89. The molecule has 0 fully saturated rings. The fraction of sp³-hybridized carbons (Fsp3) is 0.800. The van der Waals surface area contributed by atoms with Crippen molar-refractivity contribution in [3.05, 3.63) is 12.2 Å². The topological polar surface area (TPSA) is 74.6 Å². The first kappa shape index (κ1) is 25.9. The van der Waals surface area contributed by atoms with Gasteiger partial charge in [-0.1, -0.05) is 53.4 Å². The Bertz CT molecular complexity index is 313. The Labute approximate surface area is 154 Å². The van der Waals surface area contributed by atoms with Crippen LogP contribution in [0, 0.1) is 0 Å². The fourth-order valence-electron chi connectivity index (χ4n) is 2.79. The lowest BCUT2D eigenvalue weighted by atomic mass is 10.1. The van der Waals surface area contributed by atoms with Crippen LogP contribution in [0.1, 0.15) is 79.1 Å². The lowest BCUT2D eigenvalue weighted by Gasteiger charge is -2.39. The van der Waals surface area contributed by atoms with Gasteiger partial charge in [-0.05, 0) is 25.7 Å². The van der Waals surface area contributed by atoms with Crippen molar-refractivity contribution in [2.24, 2.45) is 0 Å². The summed E-state index contributed by atoms with van der Waals surface area (Å²) in [7, 11) is 0. The van der Waals surface area contributed by atoms with Crippen LogP contribution in [0.4, 0.5) is 0 Å². The van der Waals surface area contributed by atoms with Gasteiger partial charge in [0.1, 0.15) is 0 Å². The van der Waals surface area contributed by atoms with E-state index >= 15 is 0 Å². The number of rotatable bonds is 14. The zero-order valence-electron chi connectivity index (χ0n) is 16.8. The maximum absolute atomic E-state index is 9.55. The van der Waals surface area contributed by atoms with Gasteiger partial charge in [0.2, 0.25) is 0 Å². The van der Waals surface area contributed by atoms with Crippen molar-refractivity contribution in [1.82, 2.24) is 0 Å². The SMILES string of the molecule is CCCC[N+](CCCC)(CCCC)CCCC.O=C(O)/C=C\C(=O)O. The molecule has 148 valence electrons. The second-order valence-electron chi connectivity index (χ2n) is 6.66. The summed E-state index contributed by atoms with van der Waals surface area (Å²) in [5.74, 6) is -2.51. The molecule has 0 atom stereocenters.